The first-order chi connectivity index (χ1) is 62.6. The van der Waals surface area contributed by atoms with Gasteiger partial charge in [0.15, 0.2) is 0 Å². The third kappa shape index (κ3) is 85.5. The third-order valence-corrected chi connectivity index (χ3v) is 24.2. The van der Waals surface area contributed by atoms with E-state index in [1.165, 1.54) is 77.0 Å². The Hall–Kier alpha value is -5.14. The molecule has 4 unspecified atom stereocenters. The number of hydrogen-bond acceptors (Lipinski definition) is 20. The molecule has 0 saturated carbocycles. The van der Waals surface area contributed by atoms with Gasteiger partial charge in [0.1, 0.15) is 30.8 Å². The molecule has 28 heteroatoms. The number of hydrogen-bond donors (Lipinski definition) is 6. The third-order valence-electron chi connectivity index (χ3n) is 22.2. The van der Waals surface area contributed by atoms with Gasteiger partial charge in [-0.3, -0.25) is 56.5 Å². The van der Waals surface area contributed by atoms with Crippen LogP contribution in [0.3, 0.4) is 0 Å². The lowest BCUT2D eigenvalue weighted by atomic mass is 10.1. The molecule has 8 atom stereocenters. The predicted molar refractivity (Wildman–Crippen MR) is 518 cm³/mol. The highest BCUT2D eigenvalue weighted by molar-refractivity contribution is 7.47. The van der Waals surface area contributed by atoms with Crippen molar-refractivity contribution in [3.05, 3.63) is 48.6 Å². The molecule has 752 valence electrons. The van der Waals surface area contributed by atoms with Crippen molar-refractivity contribution in [1.82, 2.24) is 21.3 Å². The fourth-order valence-corrected chi connectivity index (χ4v) is 16.0. The summed E-state index contributed by atoms with van der Waals surface area (Å²) in [7, 11) is -9.77. The van der Waals surface area contributed by atoms with Crippen LogP contribution in [-0.2, 0) is 94.0 Å². The molecule has 4 amide bonds. The zero-order valence-electron chi connectivity index (χ0n) is 82.2. The fourth-order valence-electron chi connectivity index (χ4n) is 14.5. The Balaban J connectivity index is 6.30. The SMILES string of the molecule is CCCCCC/C=C\CCCC(=O)O[C@H](CCCCCCC)CCOCC(COP(=O)(O)OCCNC(=O)CC(=O)NCCOP(=O)(O)OCC(COCC[C@@H](CCCCCCC)OC(=O)CCC/C=C\CCCCCC)NC(=O)C[C@@H](CCCCCCC)OC(=O)CCC/C=C/CCCCCC)NC(=O)C[C@@H](CCCCCCC)OC(=O)CCC/C=C/CCCCCC. The standard InChI is InChI=1S/C101H186N4O22P2/c1-9-17-25-33-37-41-45-53-61-69-98(110)124-90(65-57-49-29-21-13-5)73-77-118-84-88(104-96(108)81-92(67-59-51-31-23-15-7)126-100(112)71-63-55-47-43-39-35-27-19-11-3)86-122-128(114,115)120-79-75-102-94(106)83-95(107)103-76-80-121-129(116,117)123-87-89(85-119-78-74-91(66-58-50-30-22-14-6)125-99(111)70-62-54-46-42-38-34-26-18-10-2)105-97(109)82-93(68-60-52-32-24-16-8)127-101(113)72-64-56-48-44-40-36-28-20-12-4/h41-48,88-93H,9-40,49-87H2,1-8H3,(H,102,106)(H,103,107)(H,104,108)(H,105,109)(H,114,115)(H,116,117)/b45-41-,46-42-,47-43+,48-44+/t88?,89?,90-,91-,92-,93-/m1/s1. The lowest BCUT2D eigenvalue weighted by Crippen LogP contribution is -2.43. The number of carbonyl (C=O) groups is 8. The molecule has 0 aliphatic carbocycles. The number of phosphoric ester groups is 2. The molecule has 0 aliphatic heterocycles. The van der Waals surface area contributed by atoms with Gasteiger partial charge in [-0.1, -0.05) is 284 Å². The fraction of sp³-hybridized carbons (Fsp3) is 0.842. The average Bonchev–Trinajstić information content (AvgIpc) is 0.908. The van der Waals surface area contributed by atoms with E-state index >= 15 is 0 Å². The monoisotopic (exact) mass is 1870 g/mol. The highest BCUT2D eigenvalue weighted by Gasteiger charge is 2.30. The Morgan fingerprint density at radius 1 is 0.271 bits per heavy atom. The van der Waals surface area contributed by atoms with Crippen molar-refractivity contribution in [3.63, 3.8) is 0 Å². The number of unbranched alkanes of at least 4 members (excludes halogenated alkanes) is 36. The van der Waals surface area contributed by atoms with Gasteiger partial charge in [0.25, 0.3) is 0 Å². The van der Waals surface area contributed by atoms with Crippen LogP contribution in [0.5, 0.6) is 0 Å². The average molecular weight is 1870 g/mol. The maximum Gasteiger partial charge on any atom is 0.472 e. The second-order valence-corrected chi connectivity index (χ2v) is 37.8. The van der Waals surface area contributed by atoms with E-state index in [1.54, 1.807) is 0 Å². The molecule has 0 aromatic heterocycles. The van der Waals surface area contributed by atoms with E-state index in [4.69, 9.17) is 46.5 Å². The minimum atomic E-state index is -4.89. The van der Waals surface area contributed by atoms with Crippen molar-refractivity contribution in [2.24, 2.45) is 0 Å². The van der Waals surface area contributed by atoms with Crippen molar-refractivity contribution in [3.8, 4) is 0 Å². The predicted octanol–water partition coefficient (Wildman–Crippen LogP) is 24.3. The number of nitrogens with one attached hydrogen (secondary N) is 4. The summed E-state index contributed by atoms with van der Waals surface area (Å²) in [5.74, 6) is -3.94. The summed E-state index contributed by atoms with van der Waals surface area (Å²) >= 11 is 0. The van der Waals surface area contributed by atoms with E-state index in [0.717, 1.165) is 205 Å². The molecule has 0 bridgehead atoms. The Bertz CT molecular complexity index is 2770. The molecule has 129 heavy (non-hydrogen) atoms. The Labute approximate surface area is 782 Å². The van der Waals surface area contributed by atoms with Gasteiger partial charge in [0.2, 0.25) is 23.6 Å². The van der Waals surface area contributed by atoms with Crippen molar-refractivity contribution in [1.29, 1.82) is 0 Å². The van der Waals surface area contributed by atoms with Crippen molar-refractivity contribution >= 4 is 63.2 Å². The summed E-state index contributed by atoms with van der Waals surface area (Å²) in [5.41, 5.74) is 0. The normalized spacial score (nSPS) is 14.2. The molecule has 0 spiro atoms. The number of carbonyl (C=O) groups excluding carboxylic acids is 8. The Morgan fingerprint density at radius 2 is 0.512 bits per heavy atom. The summed E-state index contributed by atoms with van der Waals surface area (Å²) < 4.78 is 84.5. The van der Waals surface area contributed by atoms with E-state index in [1.807, 2.05) is 0 Å². The first-order valence-electron chi connectivity index (χ1n) is 51.5. The minimum Gasteiger partial charge on any atom is -0.462 e. The first kappa shape index (κ1) is 124. The van der Waals surface area contributed by atoms with Gasteiger partial charge in [0, 0.05) is 51.6 Å². The molecule has 0 radical (unpaired) electrons. The van der Waals surface area contributed by atoms with Gasteiger partial charge < -0.3 is 59.5 Å². The molecule has 0 rings (SSSR count). The first-order valence-corrected chi connectivity index (χ1v) is 54.5. The zero-order chi connectivity index (χ0) is 94.8. The number of phosphoric acid groups is 2. The minimum absolute atomic E-state index is 0.122. The summed E-state index contributed by atoms with van der Waals surface area (Å²) in [6.07, 6.45) is 66.0. The topological polar surface area (TPSA) is 352 Å². The van der Waals surface area contributed by atoms with Gasteiger partial charge in [-0.05, 0) is 154 Å². The highest BCUT2D eigenvalue weighted by atomic mass is 31.2. The summed E-state index contributed by atoms with van der Waals surface area (Å²) in [5, 5.41) is 10.6. The molecule has 6 N–H and O–H groups in total. The van der Waals surface area contributed by atoms with Gasteiger partial charge >= 0.3 is 39.5 Å². The second kappa shape index (κ2) is 90.7. The van der Waals surface area contributed by atoms with Crippen LogP contribution in [0.2, 0.25) is 0 Å². The summed E-state index contributed by atoms with van der Waals surface area (Å²) in [6, 6.07) is -2.02. The van der Waals surface area contributed by atoms with E-state index in [2.05, 4.69) is 125 Å². The van der Waals surface area contributed by atoms with Gasteiger partial charge in [-0.2, -0.15) is 0 Å². The Morgan fingerprint density at radius 3 is 0.783 bits per heavy atom. The maximum atomic E-state index is 14.0. The highest BCUT2D eigenvalue weighted by Crippen LogP contribution is 2.44. The van der Waals surface area contributed by atoms with Crippen LogP contribution in [0.1, 0.15) is 447 Å². The van der Waals surface area contributed by atoms with Crippen LogP contribution in [-0.4, -0.2) is 160 Å². The molecule has 0 fully saturated rings. The molecule has 26 nitrogen and oxygen atoms in total. The van der Waals surface area contributed by atoms with Gasteiger partial charge in [0.05, 0.1) is 77.8 Å². The lowest BCUT2D eigenvalue weighted by Gasteiger charge is -2.23. The van der Waals surface area contributed by atoms with Crippen LogP contribution in [0.15, 0.2) is 48.6 Å². The van der Waals surface area contributed by atoms with E-state index in [0.29, 0.717) is 64.2 Å². The molecule has 0 heterocycles. The van der Waals surface area contributed by atoms with Crippen LogP contribution >= 0.6 is 15.6 Å². The number of esters is 4. The Kier molecular flexibility index (Phi) is 87.0. The molecule has 0 aromatic carbocycles. The number of rotatable bonds is 96. The summed E-state index contributed by atoms with van der Waals surface area (Å²) in [6.45, 7) is 14.3. The van der Waals surface area contributed by atoms with Crippen molar-refractivity contribution in [2.45, 2.75) is 484 Å². The van der Waals surface area contributed by atoms with Gasteiger partial charge in [-0.15, -0.1) is 0 Å². The molecule has 0 aliphatic rings. The van der Waals surface area contributed by atoms with E-state index in [9.17, 15) is 57.3 Å². The zero-order valence-corrected chi connectivity index (χ0v) is 84.0. The molecular formula is C101H186N4O22P2. The molecular weight excluding hydrogens is 1680 g/mol. The van der Waals surface area contributed by atoms with Crippen LogP contribution in [0, 0.1) is 0 Å². The molecule has 0 saturated heterocycles. The largest absolute Gasteiger partial charge is 0.472 e. The van der Waals surface area contributed by atoms with Crippen molar-refractivity contribution < 1.29 is 104 Å². The van der Waals surface area contributed by atoms with E-state index in [-0.39, 0.29) is 90.0 Å². The maximum absolute atomic E-state index is 14.0. The molecule has 0 aromatic rings. The second-order valence-electron chi connectivity index (χ2n) is 34.8. The quantitative estimate of drug-likeness (QED) is 0.00822. The smallest absolute Gasteiger partial charge is 0.462 e. The van der Waals surface area contributed by atoms with E-state index < -0.39 is 121 Å². The lowest BCUT2D eigenvalue weighted by molar-refractivity contribution is -0.152. The number of allylic oxidation sites excluding steroid dienone is 8. The van der Waals surface area contributed by atoms with Crippen LogP contribution in [0.4, 0.5) is 0 Å². The number of amides is 4. The van der Waals surface area contributed by atoms with Crippen molar-refractivity contribution in [2.75, 3.05) is 65.9 Å². The van der Waals surface area contributed by atoms with Gasteiger partial charge in [-0.25, -0.2) is 9.13 Å². The summed E-state index contributed by atoms with van der Waals surface area (Å²) in [4.78, 5) is 129. The number of ether oxygens (including phenoxy) is 6. The van der Waals surface area contributed by atoms with Crippen LogP contribution < -0.4 is 21.3 Å². The van der Waals surface area contributed by atoms with Crippen LogP contribution in [0.25, 0.3) is 0 Å².